The first-order chi connectivity index (χ1) is 16.7. The van der Waals surface area contributed by atoms with Gasteiger partial charge in [-0.25, -0.2) is 22.5 Å². The molecule has 182 valence electrons. The van der Waals surface area contributed by atoms with Crippen molar-refractivity contribution in [2.24, 2.45) is 0 Å². The van der Waals surface area contributed by atoms with Crippen molar-refractivity contribution >= 4 is 21.2 Å². The Morgan fingerprint density at radius 3 is 2.60 bits per heavy atom. The van der Waals surface area contributed by atoms with Crippen LogP contribution in [0.25, 0.3) is 11.2 Å². The topological polar surface area (TPSA) is 114 Å². The second-order valence-electron chi connectivity index (χ2n) is 8.91. The molecule has 2 aromatic carbocycles. The summed E-state index contributed by atoms with van der Waals surface area (Å²) in [6, 6.07) is 11.5. The number of hydrogen-bond acceptors (Lipinski definition) is 6. The van der Waals surface area contributed by atoms with E-state index in [4.69, 9.17) is 0 Å². The monoisotopic (exact) mass is 496 g/mol. The van der Waals surface area contributed by atoms with Crippen LogP contribution in [0.5, 0.6) is 0 Å². The molecular formula is C24H25FN6O3S. The van der Waals surface area contributed by atoms with Gasteiger partial charge in [0.05, 0.1) is 6.54 Å². The predicted molar refractivity (Wildman–Crippen MR) is 128 cm³/mol. The highest BCUT2D eigenvalue weighted by Crippen LogP contribution is 2.30. The van der Waals surface area contributed by atoms with Gasteiger partial charge in [0.1, 0.15) is 16.5 Å². The van der Waals surface area contributed by atoms with E-state index >= 15 is 0 Å². The van der Waals surface area contributed by atoms with Gasteiger partial charge in [0.2, 0.25) is 10.0 Å². The van der Waals surface area contributed by atoms with E-state index in [0.29, 0.717) is 30.9 Å². The number of H-pyrrole nitrogens is 1. The summed E-state index contributed by atoms with van der Waals surface area (Å²) in [6.45, 7) is 4.86. The molecule has 0 radical (unpaired) electrons. The molecule has 2 aromatic heterocycles. The molecule has 1 fully saturated rings. The van der Waals surface area contributed by atoms with Crippen molar-refractivity contribution in [1.29, 1.82) is 0 Å². The predicted octanol–water partition coefficient (Wildman–Crippen LogP) is 2.89. The number of aryl methyl sites for hydroxylation is 2. The van der Waals surface area contributed by atoms with Crippen molar-refractivity contribution in [3.63, 3.8) is 0 Å². The van der Waals surface area contributed by atoms with Crippen LogP contribution >= 0.6 is 0 Å². The number of aromatic amines is 1. The van der Waals surface area contributed by atoms with Crippen molar-refractivity contribution in [2.75, 3.05) is 13.1 Å². The van der Waals surface area contributed by atoms with Gasteiger partial charge in [-0.15, -0.1) is 5.10 Å². The van der Waals surface area contributed by atoms with Gasteiger partial charge in [-0.2, -0.15) is 4.31 Å². The first kappa shape index (κ1) is 23.3. The normalized spacial score (nSPS) is 15.6. The molecule has 35 heavy (non-hydrogen) atoms. The number of nitrogens with one attached hydrogen (secondary N) is 1. The highest BCUT2D eigenvalue weighted by Gasteiger charge is 2.32. The first-order valence-electron chi connectivity index (χ1n) is 11.4. The van der Waals surface area contributed by atoms with Gasteiger partial charge >= 0.3 is 0 Å². The maximum atomic E-state index is 14.1. The van der Waals surface area contributed by atoms with Crippen molar-refractivity contribution in [3.8, 4) is 0 Å². The molecule has 9 nitrogen and oxygen atoms in total. The van der Waals surface area contributed by atoms with Gasteiger partial charge in [-0.3, -0.25) is 4.79 Å². The number of piperidine rings is 1. The molecule has 1 aliphatic heterocycles. The third-order valence-corrected chi connectivity index (χ3v) is 8.44. The van der Waals surface area contributed by atoms with Crippen LogP contribution in [0.2, 0.25) is 0 Å². The summed E-state index contributed by atoms with van der Waals surface area (Å²) in [5.74, 6) is -0.436. The Bertz CT molecular complexity index is 1570. The zero-order valence-electron chi connectivity index (χ0n) is 19.4. The standard InChI is InChI=1S/C24H25FN6O3S/c1-15-7-8-16(2)18(13-15)14-31-23-21(28-29-31)24(32)27-22(26-23)17-9-11-30(12-10-17)35(33,34)20-6-4-3-5-19(20)25/h3-8,13,17H,9-12,14H2,1-2H3,(H,26,27,32). The van der Waals surface area contributed by atoms with Gasteiger partial charge < -0.3 is 4.98 Å². The minimum atomic E-state index is -3.94. The molecule has 0 bridgehead atoms. The smallest absolute Gasteiger partial charge is 0.281 e. The number of hydrogen-bond donors (Lipinski definition) is 1. The SMILES string of the molecule is Cc1ccc(C)c(Cn2nnc3c(=O)[nH]c(C4CCN(S(=O)(=O)c5ccccc5F)CC4)nc32)c1. The summed E-state index contributed by atoms with van der Waals surface area (Å²) in [6.07, 6.45) is 0.890. The average Bonchev–Trinajstić information content (AvgIpc) is 3.25. The lowest BCUT2D eigenvalue weighted by Crippen LogP contribution is -2.38. The molecule has 1 aliphatic rings. The molecule has 0 atom stereocenters. The van der Waals surface area contributed by atoms with E-state index in [2.05, 4.69) is 26.3 Å². The summed E-state index contributed by atoms with van der Waals surface area (Å²) < 4.78 is 42.8. The fraction of sp³-hybridized carbons (Fsp3) is 0.333. The lowest BCUT2D eigenvalue weighted by Gasteiger charge is -2.30. The Balaban J connectivity index is 1.39. The van der Waals surface area contributed by atoms with E-state index in [1.54, 1.807) is 4.68 Å². The van der Waals surface area contributed by atoms with Crippen LogP contribution in [-0.2, 0) is 16.6 Å². The average molecular weight is 497 g/mol. The quantitative estimate of drug-likeness (QED) is 0.455. The van der Waals surface area contributed by atoms with E-state index < -0.39 is 15.8 Å². The zero-order chi connectivity index (χ0) is 24.7. The van der Waals surface area contributed by atoms with Crippen molar-refractivity contribution in [3.05, 3.63) is 81.2 Å². The number of sulfonamides is 1. The Hall–Kier alpha value is -3.44. The van der Waals surface area contributed by atoms with Crippen molar-refractivity contribution in [1.82, 2.24) is 29.3 Å². The van der Waals surface area contributed by atoms with Crippen LogP contribution in [0.1, 0.15) is 41.3 Å². The van der Waals surface area contributed by atoms with E-state index in [1.807, 2.05) is 26.0 Å². The van der Waals surface area contributed by atoms with Gasteiger partial charge in [0.15, 0.2) is 11.2 Å². The molecule has 3 heterocycles. The Kier molecular flexibility index (Phi) is 5.97. The zero-order valence-corrected chi connectivity index (χ0v) is 20.2. The lowest BCUT2D eigenvalue weighted by atomic mass is 9.97. The van der Waals surface area contributed by atoms with Gasteiger partial charge in [0.25, 0.3) is 5.56 Å². The van der Waals surface area contributed by atoms with Crippen LogP contribution in [0.3, 0.4) is 0 Å². The highest BCUT2D eigenvalue weighted by molar-refractivity contribution is 7.89. The fourth-order valence-corrected chi connectivity index (χ4v) is 6.01. The minimum absolute atomic E-state index is 0.150. The van der Waals surface area contributed by atoms with Crippen molar-refractivity contribution < 1.29 is 12.8 Å². The number of nitrogens with zero attached hydrogens (tertiary/aromatic N) is 5. The summed E-state index contributed by atoms with van der Waals surface area (Å²) in [5, 5.41) is 8.18. The molecule has 5 rings (SSSR count). The van der Waals surface area contributed by atoms with E-state index in [1.165, 1.54) is 22.5 Å². The van der Waals surface area contributed by atoms with Crippen molar-refractivity contribution in [2.45, 2.75) is 44.0 Å². The summed E-state index contributed by atoms with van der Waals surface area (Å²) in [7, 11) is -3.94. The molecule has 1 saturated heterocycles. The molecule has 0 aliphatic carbocycles. The molecule has 0 spiro atoms. The summed E-state index contributed by atoms with van der Waals surface area (Å²) in [5.41, 5.74) is 3.47. The van der Waals surface area contributed by atoms with Crippen LogP contribution in [-0.4, -0.2) is 50.8 Å². The van der Waals surface area contributed by atoms with Crippen LogP contribution in [0, 0.1) is 19.7 Å². The summed E-state index contributed by atoms with van der Waals surface area (Å²) in [4.78, 5) is 19.9. The Labute approximate surface area is 201 Å². The van der Waals surface area contributed by atoms with Gasteiger partial charge in [0, 0.05) is 19.0 Å². The summed E-state index contributed by atoms with van der Waals surface area (Å²) >= 11 is 0. The maximum Gasteiger partial charge on any atom is 0.281 e. The molecule has 1 N–H and O–H groups in total. The molecular weight excluding hydrogens is 471 g/mol. The molecule has 4 aromatic rings. The molecule has 0 saturated carbocycles. The fourth-order valence-electron chi connectivity index (χ4n) is 4.48. The number of halogens is 1. The van der Waals surface area contributed by atoms with Gasteiger partial charge in [-0.05, 0) is 49.9 Å². The molecule has 11 heteroatoms. The molecule has 0 amide bonds. The largest absolute Gasteiger partial charge is 0.308 e. The first-order valence-corrected chi connectivity index (χ1v) is 12.8. The Morgan fingerprint density at radius 1 is 1.11 bits per heavy atom. The second kappa shape index (κ2) is 8.97. The van der Waals surface area contributed by atoms with Crippen LogP contribution < -0.4 is 5.56 Å². The second-order valence-corrected chi connectivity index (χ2v) is 10.8. The maximum absolute atomic E-state index is 14.1. The van der Waals surface area contributed by atoms with E-state index in [9.17, 15) is 17.6 Å². The Morgan fingerprint density at radius 2 is 1.86 bits per heavy atom. The minimum Gasteiger partial charge on any atom is -0.308 e. The number of rotatable bonds is 5. The van der Waals surface area contributed by atoms with Gasteiger partial charge in [-0.1, -0.05) is 41.1 Å². The number of fused-ring (bicyclic) bond motifs is 1. The molecule has 0 unspecified atom stereocenters. The van der Waals surface area contributed by atoms with E-state index in [-0.39, 0.29) is 35.0 Å². The van der Waals surface area contributed by atoms with Crippen LogP contribution in [0.4, 0.5) is 4.39 Å². The van der Waals surface area contributed by atoms with E-state index in [0.717, 1.165) is 22.8 Å². The number of benzene rings is 2. The highest BCUT2D eigenvalue weighted by atomic mass is 32.2. The third-order valence-electron chi connectivity index (χ3n) is 6.51. The lowest BCUT2D eigenvalue weighted by molar-refractivity contribution is 0.312. The van der Waals surface area contributed by atoms with Crippen LogP contribution in [0.15, 0.2) is 52.2 Å². The number of aromatic nitrogens is 5. The third kappa shape index (κ3) is 4.37.